The normalized spacial score (nSPS) is 21.7. The lowest BCUT2D eigenvalue weighted by Crippen LogP contribution is -2.35. The molecule has 1 aromatic carbocycles. The molecule has 3 aromatic rings. The molecule has 2 N–H and O–H groups in total. The van der Waals surface area contributed by atoms with E-state index in [0.29, 0.717) is 24.1 Å². The second-order valence-electron chi connectivity index (χ2n) is 7.18. The first-order chi connectivity index (χ1) is 13.7. The average molecular weight is 382 g/mol. The lowest BCUT2D eigenvalue weighted by Gasteiger charge is -2.16. The van der Waals surface area contributed by atoms with Gasteiger partial charge in [-0.15, -0.1) is 0 Å². The van der Waals surface area contributed by atoms with Crippen molar-refractivity contribution >= 4 is 0 Å². The van der Waals surface area contributed by atoms with E-state index in [9.17, 15) is 9.50 Å². The summed E-state index contributed by atoms with van der Waals surface area (Å²) >= 11 is 0. The van der Waals surface area contributed by atoms with Crippen LogP contribution in [0.15, 0.2) is 61.1 Å². The van der Waals surface area contributed by atoms with Crippen molar-refractivity contribution in [3.8, 4) is 11.6 Å². The third-order valence-electron chi connectivity index (χ3n) is 5.03. The summed E-state index contributed by atoms with van der Waals surface area (Å²) < 4.78 is 20.5. The molecule has 0 aliphatic heterocycles. The van der Waals surface area contributed by atoms with Gasteiger partial charge in [0, 0.05) is 43.8 Å². The third kappa shape index (κ3) is 4.74. The average Bonchev–Trinajstić information content (AvgIpc) is 3.33. The van der Waals surface area contributed by atoms with E-state index in [1.165, 1.54) is 12.1 Å². The largest absolute Gasteiger partial charge is 0.439 e. The Labute approximate surface area is 163 Å². The fourth-order valence-corrected chi connectivity index (χ4v) is 3.61. The van der Waals surface area contributed by atoms with Crippen molar-refractivity contribution in [1.82, 2.24) is 20.1 Å². The van der Waals surface area contributed by atoms with E-state index < -0.39 is 0 Å². The molecule has 0 amide bonds. The zero-order chi connectivity index (χ0) is 19.3. The molecule has 4 rings (SSSR count). The maximum Gasteiger partial charge on any atom is 0.219 e. The smallest absolute Gasteiger partial charge is 0.219 e. The number of nitrogens with zero attached hydrogens (tertiary/aromatic N) is 3. The van der Waals surface area contributed by atoms with Crippen LogP contribution >= 0.6 is 0 Å². The summed E-state index contributed by atoms with van der Waals surface area (Å²) in [5.74, 6) is 1.10. The van der Waals surface area contributed by atoms with Crippen molar-refractivity contribution in [1.29, 1.82) is 0 Å². The molecular weight excluding hydrogens is 359 g/mol. The minimum atomic E-state index is -0.352. The van der Waals surface area contributed by atoms with Crippen LogP contribution in [0.3, 0.4) is 0 Å². The van der Waals surface area contributed by atoms with Crippen LogP contribution in [-0.2, 0) is 13.1 Å². The first-order valence-corrected chi connectivity index (χ1v) is 9.43. The second-order valence-corrected chi connectivity index (χ2v) is 7.18. The van der Waals surface area contributed by atoms with Gasteiger partial charge < -0.3 is 15.2 Å². The van der Waals surface area contributed by atoms with Crippen LogP contribution in [0, 0.1) is 11.7 Å². The predicted molar refractivity (Wildman–Crippen MR) is 102 cm³/mol. The molecule has 7 heteroatoms. The number of nitrogens with one attached hydrogen (secondary N) is 1. The van der Waals surface area contributed by atoms with Crippen molar-refractivity contribution in [2.24, 2.45) is 5.92 Å². The summed E-state index contributed by atoms with van der Waals surface area (Å²) in [5.41, 5.74) is 1.01. The van der Waals surface area contributed by atoms with Gasteiger partial charge >= 0.3 is 0 Å². The van der Waals surface area contributed by atoms with E-state index in [4.69, 9.17) is 4.74 Å². The number of rotatable bonds is 7. The molecule has 146 valence electrons. The van der Waals surface area contributed by atoms with Crippen LogP contribution in [0.1, 0.15) is 18.4 Å². The van der Waals surface area contributed by atoms with E-state index >= 15 is 0 Å². The van der Waals surface area contributed by atoms with Crippen LogP contribution in [-0.4, -0.2) is 32.0 Å². The molecule has 6 nitrogen and oxygen atoms in total. The van der Waals surface area contributed by atoms with E-state index in [2.05, 4.69) is 15.4 Å². The molecule has 3 atom stereocenters. The summed E-state index contributed by atoms with van der Waals surface area (Å²) in [7, 11) is 0. The number of ether oxygens (including phenoxy) is 1. The number of hydrogen-bond donors (Lipinski definition) is 2. The Kier molecular flexibility index (Phi) is 5.64. The van der Waals surface area contributed by atoms with Crippen LogP contribution in [0.25, 0.3) is 0 Å². The van der Waals surface area contributed by atoms with E-state index in [0.717, 1.165) is 24.9 Å². The molecule has 1 saturated carbocycles. The zero-order valence-electron chi connectivity index (χ0n) is 15.4. The number of pyridine rings is 1. The SMILES string of the molecule is O[C@@H]1CC(Cn2cccn2)C[C@H]1NCc1ccc(Oc2ccc(F)cc2)nc1. The van der Waals surface area contributed by atoms with E-state index in [1.807, 2.05) is 23.0 Å². The summed E-state index contributed by atoms with van der Waals surface area (Å²) in [5, 5.41) is 18.0. The Bertz CT molecular complexity index is 868. The van der Waals surface area contributed by atoms with Crippen LogP contribution in [0.2, 0.25) is 0 Å². The number of aliphatic hydroxyl groups excluding tert-OH is 1. The Morgan fingerprint density at radius 2 is 2.04 bits per heavy atom. The van der Waals surface area contributed by atoms with Gasteiger partial charge in [0.2, 0.25) is 5.88 Å². The minimum Gasteiger partial charge on any atom is -0.439 e. The molecule has 1 aliphatic rings. The number of aliphatic hydroxyl groups is 1. The number of hydrogen-bond acceptors (Lipinski definition) is 5. The Hall–Kier alpha value is -2.77. The molecule has 1 aliphatic carbocycles. The van der Waals surface area contributed by atoms with Gasteiger partial charge in [-0.2, -0.15) is 5.10 Å². The van der Waals surface area contributed by atoms with Gasteiger partial charge in [-0.3, -0.25) is 4.68 Å². The molecular formula is C21H23FN4O2. The Balaban J connectivity index is 1.27. The van der Waals surface area contributed by atoms with Crippen molar-refractivity contribution in [3.63, 3.8) is 0 Å². The van der Waals surface area contributed by atoms with Gasteiger partial charge in [0.15, 0.2) is 0 Å². The lowest BCUT2D eigenvalue weighted by molar-refractivity contribution is 0.145. The molecule has 2 heterocycles. The third-order valence-corrected chi connectivity index (χ3v) is 5.03. The summed E-state index contributed by atoms with van der Waals surface area (Å²) in [4.78, 5) is 4.30. The van der Waals surface area contributed by atoms with Gasteiger partial charge in [-0.1, -0.05) is 6.07 Å². The molecule has 28 heavy (non-hydrogen) atoms. The summed E-state index contributed by atoms with van der Waals surface area (Å²) in [6.07, 6.45) is 6.82. The molecule has 0 bridgehead atoms. The molecule has 0 spiro atoms. The van der Waals surface area contributed by atoms with Gasteiger partial charge in [-0.05, 0) is 54.7 Å². The van der Waals surface area contributed by atoms with Gasteiger partial charge in [-0.25, -0.2) is 9.37 Å². The zero-order valence-corrected chi connectivity index (χ0v) is 15.4. The lowest BCUT2D eigenvalue weighted by atomic mass is 10.1. The van der Waals surface area contributed by atoms with E-state index in [1.54, 1.807) is 30.6 Å². The van der Waals surface area contributed by atoms with Gasteiger partial charge in [0.05, 0.1) is 6.10 Å². The topological polar surface area (TPSA) is 72.2 Å². The fraction of sp³-hybridized carbons (Fsp3) is 0.333. The quantitative estimate of drug-likeness (QED) is 0.657. The molecule has 1 unspecified atom stereocenters. The number of aromatic nitrogens is 3. The highest BCUT2D eigenvalue weighted by atomic mass is 19.1. The summed E-state index contributed by atoms with van der Waals surface area (Å²) in [6, 6.07) is 11.5. The number of halogens is 1. The first kappa shape index (κ1) is 18.6. The van der Waals surface area contributed by atoms with Crippen LogP contribution < -0.4 is 10.1 Å². The molecule has 2 aromatic heterocycles. The summed E-state index contributed by atoms with van der Waals surface area (Å²) in [6.45, 7) is 1.46. The highest BCUT2D eigenvalue weighted by Gasteiger charge is 2.32. The Morgan fingerprint density at radius 3 is 2.75 bits per heavy atom. The maximum absolute atomic E-state index is 12.9. The standard InChI is InChI=1S/C21H23FN4O2/c22-17-3-5-18(6-4-17)28-21-7-2-15(13-24-21)12-23-19-10-16(11-20(19)27)14-26-9-1-8-25-26/h1-9,13,16,19-20,23,27H,10-12,14H2/t16?,19-,20-/m1/s1. The van der Waals surface area contributed by atoms with Crippen molar-refractivity contribution in [3.05, 3.63) is 72.4 Å². The molecule has 0 saturated heterocycles. The number of benzene rings is 1. The fourth-order valence-electron chi connectivity index (χ4n) is 3.61. The minimum absolute atomic E-state index is 0.0655. The monoisotopic (exact) mass is 382 g/mol. The Morgan fingerprint density at radius 1 is 1.18 bits per heavy atom. The van der Waals surface area contributed by atoms with Gasteiger partial charge in [0.25, 0.3) is 0 Å². The molecule has 0 radical (unpaired) electrons. The van der Waals surface area contributed by atoms with Crippen LogP contribution in [0.5, 0.6) is 11.6 Å². The molecule has 1 fully saturated rings. The van der Waals surface area contributed by atoms with E-state index in [-0.39, 0.29) is 18.0 Å². The highest BCUT2D eigenvalue weighted by molar-refractivity contribution is 5.28. The second kappa shape index (κ2) is 8.50. The van der Waals surface area contributed by atoms with Crippen molar-refractivity contribution in [2.45, 2.75) is 38.1 Å². The van der Waals surface area contributed by atoms with Crippen molar-refractivity contribution < 1.29 is 14.2 Å². The van der Waals surface area contributed by atoms with Gasteiger partial charge in [0.1, 0.15) is 11.6 Å². The maximum atomic E-state index is 12.9. The first-order valence-electron chi connectivity index (χ1n) is 9.43. The van der Waals surface area contributed by atoms with Crippen LogP contribution in [0.4, 0.5) is 4.39 Å². The van der Waals surface area contributed by atoms with Crippen molar-refractivity contribution in [2.75, 3.05) is 0 Å². The predicted octanol–water partition coefficient (Wildman–Crippen LogP) is 3.14. The highest BCUT2D eigenvalue weighted by Crippen LogP contribution is 2.28.